The SMILES string of the molecule is CCCCCCCCCCCCO.OCCCl. The number of aliphatic hydroxyl groups is 2. The second-order valence-electron chi connectivity index (χ2n) is 4.32. The topological polar surface area (TPSA) is 40.5 Å². The van der Waals surface area contributed by atoms with Crippen LogP contribution in [0.25, 0.3) is 0 Å². The molecule has 0 aliphatic rings. The van der Waals surface area contributed by atoms with Gasteiger partial charge in [0.2, 0.25) is 0 Å². The Bertz CT molecular complexity index is 98.4. The maximum Gasteiger partial charge on any atom is 0.0566 e. The van der Waals surface area contributed by atoms with E-state index in [0.29, 0.717) is 12.5 Å². The molecule has 2 N–H and O–H groups in total. The molecule has 0 bridgehead atoms. The van der Waals surface area contributed by atoms with Crippen LogP contribution in [0.3, 0.4) is 0 Å². The quantitative estimate of drug-likeness (QED) is 0.436. The summed E-state index contributed by atoms with van der Waals surface area (Å²) in [5.41, 5.74) is 0. The van der Waals surface area contributed by atoms with E-state index in [0.717, 1.165) is 6.42 Å². The van der Waals surface area contributed by atoms with Gasteiger partial charge in [0.05, 0.1) is 6.61 Å². The second-order valence-corrected chi connectivity index (χ2v) is 4.70. The van der Waals surface area contributed by atoms with Crippen molar-refractivity contribution in [3.8, 4) is 0 Å². The van der Waals surface area contributed by atoms with Crippen LogP contribution in [-0.4, -0.2) is 29.3 Å². The van der Waals surface area contributed by atoms with Crippen LogP contribution in [-0.2, 0) is 0 Å². The highest BCUT2D eigenvalue weighted by Gasteiger charge is 1.91. The van der Waals surface area contributed by atoms with Gasteiger partial charge in [-0.15, -0.1) is 11.6 Å². The van der Waals surface area contributed by atoms with Gasteiger partial charge in [-0.3, -0.25) is 0 Å². The van der Waals surface area contributed by atoms with Crippen molar-refractivity contribution in [3.63, 3.8) is 0 Å². The fourth-order valence-corrected chi connectivity index (χ4v) is 1.60. The maximum atomic E-state index is 8.57. The minimum absolute atomic E-state index is 0.0849. The van der Waals surface area contributed by atoms with Crippen LogP contribution in [0.5, 0.6) is 0 Å². The van der Waals surface area contributed by atoms with Gasteiger partial charge in [-0.05, 0) is 6.42 Å². The summed E-state index contributed by atoms with van der Waals surface area (Å²) >= 11 is 4.94. The number of aliphatic hydroxyl groups excluding tert-OH is 2. The van der Waals surface area contributed by atoms with Crippen LogP contribution in [0.15, 0.2) is 0 Å². The van der Waals surface area contributed by atoms with Crippen LogP contribution in [0.4, 0.5) is 0 Å². The number of alkyl halides is 1. The Morgan fingerprint density at radius 3 is 1.29 bits per heavy atom. The number of hydrogen-bond donors (Lipinski definition) is 2. The van der Waals surface area contributed by atoms with Gasteiger partial charge in [0.15, 0.2) is 0 Å². The van der Waals surface area contributed by atoms with E-state index >= 15 is 0 Å². The van der Waals surface area contributed by atoms with E-state index < -0.39 is 0 Å². The Morgan fingerprint density at radius 2 is 1.00 bits per heavy atom. The van der Waals surface area contributed by atoms with Gasteiger partial charge in [0.25, 0.3) is 0 Å². The van der Waals surface area contributed by atoms with Crippen molar-refractivity contribution in [2.75, 3.05) is 19.1 Å². The minimum Gasteiger partial charge on any atom is -0.396 e. The van der Waals surface area contributed by atoms with Crippen molar-refractivity contribution in [2.24, 2.45) is 0 Å². The third kappa shape index (κ3) is 26.0. The Balaban J connectivity index is 0. The fraction of sp³-hybridized carbons (Fsp3) is 1.00. The summed E-state index contributed by atoms with van der Waals surface area (Å²) in [5, 5.41) is 16.3. The Kier molecular flexibility index (Phi) is 24.7. The second kappa shape index (κ2) is 21.5. The lowest BCUT2D eigenvalue weighted by Gasteiger charge is -2.00. The highest BCUT2D eigenvalue weighted by Crippen LogP contribution is 2.09. The van der Waals surface area contributed by atoms with Crippen LogP contribution in [0.1, 0.15) is 71.1 Å². The van der Waals surface area contributed by atoms with E-state index in [-0.39, 0.29) is 6.61 Å². The average Bonchev–Trinajstić information content (AvgIpc) is 2.37. The first-order valence-electron chi connectivity index (χ1n) is 7.11. The van der Waals surface area contributed by atoms with Crippen LogP contribution in [0, 0.1) is 0 Å². The van der Waals surface area contributed by atoms with Gasteiger partial charge in [0, 0.05) is 12.5 Å². The molecule has 0 aromatic heterocycles. The van der Waals surface area contributed by atoms with Crippen molar-refractivity contribution >= 4 is 11.6 Å². The lowest BCUT2D eigenvalue weighted by Crippen LogP contribution is -1.84. The molecule has 0 radical (unpaired) electrons. The van der Waals surface area contributed by atoms with Crippen LogP contribution < -0.4 is 0 Å². The van der Waals surface area contributed by atoms with Crippen molar-refractivity contribution in [1.29, 1.82) is 0 Å². The molecule has 0 aliphatic carbocycles. The molecule has 0 spiro atoms. The molecule has 0 heterocycles. The molecule has 0 unspecified atom stereocenters. The van der Waals surface area contributed by atoms with Crippen molar-refractivity contribution in [2.45, 2.75) is 71.1 Å². The molecule has 0 amide bonds. The normalized spacial score (nSPS) is 9.88. The predicted molar refractivity (Wildman–Crippen MR) is 76.7 cm³/mol. The van der Waals surface area contributed by atoms with Gasteiger partial charge in [0.1, 0.15) is 0 Å². The Morgan fingerprint density at radius 1 is 0.647 bits per heavy atom. The molecule has 17 heavy (non-hydrogen) atoms. The zero-order valence-electron chi connectivity index (χ0n) is 11.5. The summed E-state index contributed by atoms with van der Waals surface area (Å²) in [5.74, 6) is 0.347. The molecule has 0 saturated carbocycles. The molecule has 0 atom stereocenters. The predicted octanol–water partition coefficient (Wildman–Crippen LogP) is 4.12. The maximum absolute atomic E-state index is 8.57. The smallest absolute Gasteiger partial charge is 0.0566 e. The summed E-state index contributed by atoms with van der Waals surface area (Å²) < 4.78 is 0. The third-order valence-corrected chi connectivity index (χ3v) is 2.77. The van der Waals surface area contributed by atoms with E-state index in [2.05, 4.69) is 6.92 Å². The molecule has 0 fully saturated rings. The number of hydrogen-bond acceptors (Lipinski definition) is 2. The molecule has 2 nitrogen and oxygen atoms in total. The minimum atomic E-state index is 0.0849. The first kappa shape index (κ1) is 19.5. The van der Waals surface area contributed by atoms with Gasteiger partial charge >= 0.3 is 0 Å². The van der Waals surface area contributed by atoms with Crippen molar-refractivity contribution in [3.05, 3.63) is 0 Å². The van der Waals surface area contributed by atoms with Crippen molar-refractivity contribution in [1.82, 2.24) is 0 Å². The Labute approximate surface area is 112 Å². The fourth-order valence-electron chi connectivity index (χ4n) is 1.60. The molecule has 0 saturated heterocycles. The van der Waals surface area contributed by atoms with Gasteiger partial charge in [-0.25, -0.2) is 0 Å². The zero-order chi connectivity index (χ0) is 13.2. The van der Waals surface area contributed by atoms with Crippen LogP contribution >= 0.6 is 11.6 Å². The summed E-state index contributed by atoms with van der Waals surface area (Å²) in [7, 11) is 0. The van der Waals surface area contributed by atoms with E-state index in [4.69, 9.17) is 21.8 Å². The van der Waals surface area contributed by atoms with Gasteiger partial charge < -0.3 is 10.2 Å². The highest BCUT2D eigenvalue weighted by atomic mass is 35.5. The molecule has 0 aromatic carbocycles. The Hall–Kier alpha value is 0.210. The molecular weight excluding hydrogens is 236 g/mol. The first-order chi connectivity index (χ1) is 8.33. The average molecular weight is 267 g/mol. The molecule has 0 aliphatic heterocycles. The number of unbranched alkanes of at least 4 members (excludes halogenated alkanes) is 9. The summed E-state index contributed by atoms with van der Waals surface area (Å²) in [6.07, 6.45) is 13.3. The van der Waals surface area contributed by atoms with Crippen molar-refractivity contribution < 1.29 is 10.2 Å². The lowest BCUT2D eigenvalue weighted by atomic mass is 10.1. The number of rotatable bonds is 11. The molecular formula is C14H31ClO2. The van der Waals surface area contributed by atoms with Gasteiger partial charge in [-0.1, -0.05) is 64.7 Å². The first-order valence-corrected chi connectivity index (χ1v) is 7.64. The number of halogens is 1. The zero-order valence-corrected chi connectivity index (χ0v) is 12.2. The highest BCUT2D eigenvalue weighted by molar-refractivity contribution is 6.17. The van der Waals surface area contributed by atoms with E-state index in [1.165, 1.54) is 57.8 Å². The lowest BCUT2D eigenvalue weighted by molar-refractivity contribution is 0.282. The van der Waals surface area contributed by atoms with E-state index in [9.17, 15) is 0 Å². The van der Waals surface area contributed by atoms with E-state index in [1.807, 2.05) is 0 Å². The summed E-state index contributed by atoms with van der Waals surface area (Å²) in [4.78, 5) is 0. The standard InChI is InChI=1S/C12H26O.C2H5ClO/c1-2-3-4-5-6-7-8-9-10-11-12-13;3-1-2-4/h13H,2-12H2,1H3;4H,1-2H2. The molecule has 3 heteroatoms. The monoisotopic (exact) mass is 266 g/mol. The third-order valence-electron chi connectivity index (χ3n) is 2.60. The largest absolute Gasteiger partial charge is 0.396 e. The summed E-state index contributed by atoms with van der Waals surface area (Å²) in [6, 6.07) is 0. The summed E-state index contributed by atoms with van der Waals surface area (Å²) in [6.45, 7) is 2.72. The van der Waals surface area contributed by atoms with Crippen LogP contribution in [0.2, 0.25) is 0 Å². The van der Waals surface area contributed by atoms with E-state index in [1.54, 1.807) is 0 Å². The molecule has 0 aromatic rings. The molecule has 106 valence electrons. The molecule has 0 rings (SSSR count). The van der Waals surface area contributed by atoms with Gasteiger partial charge in [-0.2, -0.15) is 0 Å².